The van der Waals surface area contributed by atoms with Gasteiger partial charge in [-0.3, -0.25) is 4.79 Å². The van der Waals surface area contributed by atoms with Crippen molar-refractivity contribution in [2.24, 2.45) is 5.10 Å². The number of hydrogen-bond acceptors (Lipinski definition) is 4. The standard InChI is InChI=1S/C16H15FN2O3/c1-21-14-7-6-12(9-15(14)22-2)16(20)19-18-10-11-4-3-5-13(17)8-11/h3-10H,1-2H3,(H,19,20)/b18-10-. The first kappa shape index (κ1) is 15.5. The summed E-state index contributed by atoms with van der Waals surface area (Å²) in [6, 6.07) is 10.7. The van der Waals surface area contributed by atoms with E-state index in [1.54, 1.807) is 30.3 Å². The molecule has 0 aliphatic heterocycles. The number of rotatable bonds is 5. The van der Waals surface area contributed by atoms with Gasteiger partial charge in [0.1, 0.15) is 5.82 Å². The van der Waals surface area contributed by atoms with Crippen LogP contribution in [0.2, 0.25) is 0 Å². The van der Waals surface area contributed by atoms with Gasteiger partial charge in [0.05, 0.1) is 20.4 Å². The summed E-state index contributed by atoms with van der Waals surface area (Å²) >= 11 is 0. The first-order valence-corrected chi connectivity index (χ1v) is 6.45. The van der Waals surface area contributed by atoms with Gasteiger partial charge >= 0.3 is 0 Å². The summed E-state index contributed by atoms with van der Waals surface area (Å²) in [4.78, 5) is 12.0. The van der Waals surface area contributed by atoms with Crippen LogP contribution in [-0.4, -0.2) is 26.3 Å². The Morgan fingerprint density at radius 1 is 1.14 bits per heavy atom. The van der Waals surface area contributed by atoms with Crippen molar-refractivity contribution in [2.75, 3.05) is 14.2 Å². The second-order valence-electron chi connectivity index (χ2n) is 4.32. The van der Waals surface area contributed by atoms with E-state index in [1.165, 1.54) is 32.6 Å². The minimum atomic E-state index is -0.409. The average molecular weight is 302 g/mol. The van der Waals surface area contributed by atoms with Crippen molar-refractivity contribution < 1.29 is 18.7 Å². The van der Waals surface area contributed by atoms with E-state index >= 15 is 0 Å². The van der Waals surface area contributed by atoms with Crippen LogP contribution in [0.4, 0.5) is 4.39 Å². The molecular weight excluding hydrogens is 287 g/mol. The predicted octanol–water partition coefficient (Wildman–Crippen LogP) is 2.61. The molecule has 0 aliphatic rings. The molecule has 0 aliphatic carbocycles. The molecule has 5 nitrogen and oxygen atoms in total. The van der Waals surface area contributed by atoms with Gasteiger partial charge in [-0.15, -0.1) is 0 Å². The molecule has 0 saturated carbocycles. The Hall–Kier alpha value is -2.89. The number of ether oxygens (including phenoxy) is 2. The van der Waals surface area contributed by atoms with Crippen molar-refractivity contribution in [1.29, 1.82) is 0 Å². The van der Waals surface area contributed by atoms with Gasteiger partial charge < -0.3 is 9.47 Å². The van der Waals surface area contributed by atoms with Crippen LogP contribution in [0.1, 0.15) is 15.9 Å². The quantitative estimate of drug-likeness (QED) is 0.682. The highest BCUT2D eigenvalue weighted by molar-refractivity contribution is 5.95. The summed E-state index contributed by atoms with van der Waals surface area (Å²) in [6.45, 7) is 0. The first-order chi connectivity index (χ1) is 10.6. The van der Waals surface area contributed by atoms with E-state index < -0.39 is 5.91 Å². The van der Waals surface area contributed by atoms with Crippen molar-refractivity contribution >= 4 is 12.1 Å². The molecule has 1 amide bonds. The van der Waals surface area contributed by atoms with Crippen LogP contribution < -0.4 is 14.9 Å². The third-order valence-electron chi connectivity index (χ3n) is 2.87. The number of benzene rings is 2. The van der Waals surface area contributed by atoms with Gasteiger partial charge in [-0.2, -0.15) is 5.10 Å². The maximum Gasteiger partial charge on any atom is 0.271 e. The van der Waals surface area contributed by atoms with Gasteiger partial charge in [0.25, 0.3) is 5.91 Å². The fourth-order valence-electron chi connectivity index (χ4n) is 1.79. The fraction of sp³-hybridized carbons (Fsp3) is 0.125. The fourth-order valence-corrected chi connectivity index (χ4v) is 1.79. The number of methoxy groups -OCH3 is 2. The van der Waals surface area contributed by atoms with E-state index in [9.17, 15) is 9.18 Å². The summed E-state index contributed by atoms with van der Waals surface area (Å²) < 4.78 is 23.2. The zero-order valence-electron chi connectivity index (χ0n) is 12.2. The summed E-state index contributed by atoms with van der Waals surface area (Å²) in [5.74, 6) is 0.204. The molecule has 2 aromatic rings. The third kappa shape index (κ3) is 3.82. The molecule has 0 spiro atoms. The van der Waals surface area contributed by atoms with Crippen LogP contribution in [0, 0.1) is 5.82 Å². The molecule has 22 heavy (non-hydrogen) atoms. The summed E-state index contributed by atoms with van der Waals surface area (Å²) in [7, 11) is 3.00. The largest absolute Gasteiger partial charge is 0.493 e. The lowest BCUT2D eigenvalue weighted by atomic mass is 10.2. The Labute approximate surface area is 127 Å². The molecular formula is C16H15FN2O3. The Kier molecular flexibility index (Phi) is 5.08. The van der Waals surface area contributed by atoms with Gasteiger partial charge in [-0.25, -0.2) is 9.82 Å². The zero-order chi connectivity index (χ0) is 15.9. The van der Waals surface area contributed by atoms with E-state index in [1.807, 2.05) is 0 Å². The Balaban J connectivity index is 2.06. The van der Waals surface area contributed by atoms with E-state index in [4.69, 9.17) is 9.47 Å². The van der Waals surface area contributed by atoms with Gasteiger partial charge in [-0.1, -0.05) is 12.1 Å². The first-order valence-electron chi connectivity index (χ1n) is 6.45. The van der Waals surface area contributed by atoms with E-state index in [0.29, 0.717) is 22.6 Å². The lowest BCUT2D eigenvalue weighted by molar-refractivity contribution is 0.0954. The molecule has 1 N–H and O–H groups in total. The normalized spacial score (nSPS) is 10.5. The summed E-state index contributed by atoms with van der Waals surface area (Å²) in [6.07, 6.45) is 1.36. The van der Waals surface area contributed by atoms with Crippen molar-refractivity contribution in [2.45, 2.75) is 0 Å². The predicted molar refractivity (Wildman–Crippen MR) is 81.0 cm³/mol. The minimum Gasteiger partial charge on any atom is -0.493 e. The second-order valence-corrected chi connectivity index (χ2v) is 4.32. The maximum atomic E-state index is 13.0. The topological polar surface area (TPSA) is 59.9 Å². The lowest BCUT2D eigenvalue weighted by Gasteiger charge is -2.08. The van der Waals surface area contributed by atoms with Crippen LogP contribution >= 0.6 is 0 Å². The summed E-state index contributed by atoms with van der Waals surface area (Å²) in [5, 5.41) is 3.79. The highest BCUT2D eigenvalue weighted by Gasteiger charge is 2.09. The van der Waals surface area contributed by atoms with Gasteiger partial charge in [0, 0.05) is 5.56 Å². The van der Waals surface area contributed by atoms with Gasteiger partial charge in [0.2, 0.25) is 0 Å². The van der Waals surface area contributed by atoms with Crippen LogP contribution in [0.5, 0.6) is 11.5 Å². The van der Waals surface area contributed by atoms with Crippen LogP contribution in [0.25, 0.3) is 0 Å². The number of amides is 1. The Morgan fingerprint density at radius 2 is 1.91 bits per heavy atom. The minimum absolute atomic E-state index is 0.366. The molecule has 2 rings (SSSR count). The number of halogens is 1. The van der Waals surface area contributed by atoms with E-state index in [0.717, 1.165) is 0 Å². The molecule has 0 fully saturated rings. The SMILES string of the molecule is COc1ccc(C(=O)N/N=C\c2cccc(F)c2)cc1OC. The smallest absolute Gasteiger partial charge is 0.271 e. The highest BCUT2D eigenvalue weighted by atomic mass is 19.1. The lowest BCUT2D eigenvalue weighted by Crippen LogP contribution is -2.17. The summed E-state index contributed by atoms with van der Waals surface area (Å²) in [5.41, 5.74) is 3.29. The van der Waals surface area contributed by atoms with Crippen molar-refractivity contribution in [3.8, 4) is 11.5 Å². The number of nitrogens with zero attached hydrogens (tertiary/aromatic N) is 1. The number of nitrogens with one attached hydrogen (secondary N) is 1. The van der Waals surface area contributed by atoms with E-state index in [-0.39, 0.29) is 5.82 Å². The Morgan fingerprint density at radius 3 is 2.59 bits per heavy atom. The highest BCUT2D eigenvalue weighted by Crippen LogP contribution is 2.27. The molecule has 0 saturated heterocycles. The van der Waals surface area contributed by atoms with E-state index in [2.05, 4.69) is 10.5 Å². The second kappa shape index (κ2) is 7.21. The van der Waals surface area contributed by atoms with Crippen LogP contribution in [0.15, 0.2) is 47.6 Å². The molecule has 0 atom stereocenters. The molecule has 0 unspecified atom stereocenters. The monoisotopic (exact) mass is 302 g/mol. The zero-order valence-corrected chi connectivity index (χ0v) is 12.2. The molecule has 0 heterocycles. The number of carbonyl (C=O) groups excluding carboxylic acids is 1. The number of carbonyl (C=O) groups is 1. The van der Waals surface area contributed by atoms with Crippen LogP contribution in [-0.2, 0) is 0 Å². The Bertz CT molecular complexity index is 702. The third-order valence-corrected chi connectivity index (χ3v) is 2.87. The number of hydrogen-bond donors (Lipinski definition) is 1. The maximum absolute atomic E-state index is 13.0. The average Bonchev–Trinajstić information content (AvgIpc) is 2.54. The van der Waals surface area contributed by atoms with Crippen molar-refractivity contribution in [3.05, 3.63) is 59.4 Å². The van der Waals surface area contributed by atoms with Crippen LogP contribution in [0.3, 0.4) is 0 Å². The molecule has 2 aromatic carbocycles. The molecule has 0 aromatic heterocycles. The molecule has 6 heteroatoms. The van der Waals surface area contributed by atoms with Gasteiger partial charge in [-0.05, 0) is 35.9 Å². The van der Waals surface area contributed by atoms with Crippen molar-refractivity contribution in [3.63, 3.8) is 0 Å². The molecule has 0 radical (unpaired) electrons. The van der Waals surface area contributed by atoms with Crippen molar-refractivity contribution in [1.82, 2.24) is 5.43 Å². The number of hydrazone groups is 1. The molecule has 114 valence electrons. The molecule has 0 bridgehead atoms. The van der Waals surface area contributed by atoms with Gasteiger partial charge in [0.15, 0.2) is 11.5 Å².